The van der Waals surface area contributed by atoms with Crippen molar-refractivity contribution in [1.82, 2.24) is 24.1 Å². The van der Waals surface area contributed by atoms with Gasteiger partial charge in [-0.15, -0.1) is 0 Å². The second kappa shape index (κ2) is 8.49. The topological polar surface area (TPSA) is 108 Å². The van der Waals surface area contributed by atoms with Crippen molar-refractivity contribution in [2.45, 2.75) is 69.4 Å². The van der Waals surface area contributed by atoms with Gasteiger partial charge in [-0.1, -0.05) is 20.8 Å². The minimum Gasteiger partial charge on any atom is -0.381 e. The summed E-state index contributed by atoms with van der Waals surface area (Å²) in [6.45, 7) is 8.72. The number of ether oxygens (including phenoxy) is 1. The molecule has 0 atom stereocenters. The number of carbonyl (C=O) groups is 1. The van der Waals surface area contributed by atoms with Crippen molar-refractivity contribution in [3.05, 3.63) is 42.0 Å². The van der Waals surface area contributed by atoms with E-state index in [2.05, 4.69) is 35.8 Å². The fourth-order valence-corrected chi connectivity index (χ4v) is 5.51. The van der Waals surface area contributed by atoms with Crippen LogP contribution in [0.4, 0.5) is 0 Å². The molecule has 10 heteroatoms. The Morgan fingerprint density at radius 2 is 1.91 bits per heavy atom. The molecule has 2 aliphatic rings. The fourth-order valence-electron chi connectivity index (χ4n) is 4.37. The number of rotatable bonds is 6. The van der Waals surface area contributed by atoms with Crippen LogP contribution in [-0.4, -0.2) is 52.3 Å². The van der Waals surface area contributed by atoms with Crippen LogP contribution < -0.4 is 5.32 Å². The lowest BCUT2D eigenvalue weighted by Crippen LogP contribution is -2.25. The van der Waals surface area contributed by atoms with E-state index in [1.165, 1.54) is 12.4 Å². The van der Waals surface area contributed by atoms with Crippen LogP contribution in [-0.2, 0) is 26.7 Å². The van der Waals surface area contributed by atoms with E-state index < -0.39 is 10.0 Å². The van der Waals surface area contributed by atoms with Crippen LogP contribution in [0.2, 0.25) is 0 Å². The summed E-state index contributed by atoms with van der Waals surface area (Å²) in [5.74, 6) is 1.13. The number of fused-ring (bicyclic) bond motifs is 1. The molecule has 0 radical (unpaired) electrons. The van der Waals surface area contributed by atoms with Crippen molar-refractivity contribution >= 4 is 27.0 Å². The number of aromatic nitrogens is 4. The van der Waals surface area contributed by atoms with Crippen LogP contribution in [0.5, 0.6) is 0 Å². The SMILES string of the molecule is CC(C)(C)c1nc2cc(S(=O)(=O)n3cc(C(=O)NC4CC4)cn3)ccc2n1CC1CCOCC1. The standard InChI is InChI=1S/C24H31N5O4S/c1-24(2,3)23-27-20-12-19(6-7-21(20)28(23)14-16-8-10-33-11-9-16)34(31,32)29-15-17(13-25-29)22(30)26-18-4-5-18/h6-7,12-13,15-16,18H,4-5,8-11,14H2,1-3H3,(H,26,30). The first-order valence-corrected chi connectivity index (χ1v) is 13.3. The van der Waals surface area contributed by atoms with Crippen LogP contribution in [0.3, 0.4) is 0 Å². The lowest BCUT2D eigenvalue weighted by molar-refractivity contribution is 0.0611. The van der Waals surface area contributed by atoms with Gasteiger partial charge in [-0.05, 0) is 49.8 Å². The van der Waals surface area contributed by atoms with Gasteiger partial charge in [0.25, 0.3) is 15.9 Å². The third-order valence-electron chi connectivity index (χ3n) is 6.45. The smallest absolute Gasteiger partial charge is 0.283 e. The highest BCUT2D eigenvalue weighted by molar-refractivity contribution is 7.89. The maximum absolute atomic E-state index is 13.3. The molecule has 2 aromatic heterocycles. The zero-order chi connectivity index (χ0) is 24.1. The number of hydrogen-bond acceptors (Lipinski definition) is 6. The number of hydrogen-bond donors (Lipinski definition) is 1. The molecular formula is C24H31N5O4S. The molecule has 3 aromatic rings. The number of carbonyl (C=O) groups excluding carboxylic acids is 1. The fraction of sp³-hybridized carbons (Fsp3) is 0.542. The Morgan fingerprint density at radius 3 is 2.59 bits per heavy atom. The molecule has 0 bridgehead atoms. The van der Waals surface area contributed by atoms with E-state index in [1.54, 1.807) is 12.1 Å². The van der Waals surface area contributed by atoms with Gasteiger partial charge < -0.3 is 14.6 Å². The molecule has 1 saturated heterocycles. The molecule has 0 unspecified atom stereocenters. The third-order valence-corrected chi connectivity index (χ3v) is 7.99. The highest BCUT2D eigenvalue weighted by Gasteiger charge is 2.28. The van der Waals surface area contributed by atoms with Gasteiger partial charge in [0, 0.05) is 31.2 Å². The number of imidazole rings is 1. The summed E-state index contributed by atoms with van der Waals surface area (Å²) in [5, 5.41) is 6.81. The van der Waals surface area contributed by atoms with Crippen LogP contribution in [0.25, 0.3) is 11.0 Å². The average Bonchev–Trinajstić information content (AvgIpc) is 3.32. The van der Waals surface area contributed by atoms with Crippen molar-refractivity contribution in [3.8, 4) is 0 Å². The number of amides is 1. The molecule has 0 spiro atoms. The van der Waals surface area contributed by atoms with Crippen molar-refractivity contribution < 1.29 is 17.9 Å². The quantitative estimate of drug-likeness (QED) is 0.575. The van der Waals surface area contributed by atoms with E-state index >= 15 is 0 Å². The molecular weight excluding hydrogens is 454 g/mol. The van der Waals surface area contributed by atoms with Gasteiger partial charge in [-0.3, -0.25) is 4.79 Å². The predicted octanol–water partition coefficient (Wildman–Crippen LogP) is 3.09. The van der Waals surface area contributed by atoms with Crippen LogP contribution in [0.1, 0.15) is 62.6 Å². The van der Waals surface area contributed by atoms with Gasteiger partial charge >= 0.3 is 0 Å². The Balaban J connectivity index is 1.48. The minimum absolute atomic E-state index is 0.0911. The third kappa shape index (κ3) is 4.48. The first kappa shape index (κ1) is 23.0. The van der Waals surface area contributed by atoms with Gasteiger partial charge in [-0.2, -0.15) is 17.6 Å². The van der Waals surface area contributed by atoms with E-state index in [4.69, 9.17) is 9.72 Å². The van der Waals surface area contributed by atoms with Crippen molar-refractivity contribution in [3.63, 3.8) is 0 Å². The van der Waals surface area contributed by atoms with E-state index in [1.807, 2.05) is 6.07 Å². The predicted molar refractivity (Wildman–Crippen MR) is 127 cm³/mol. The van der Waals surface area contributed by atoms with E-state index in [0.29, 0.717) is 11.4 Å². The Morgan fingerprint density at radius 1 is 1.18 bits per heavy atom. The Kier molecular flexibility index (Phi) is 5.76. The van der Waals surface area contributed by atoms with Gasteiger partial charge in [-0.25, -0.2) is 4.98 Å². The minimum atomic E-state index is -3.96. The number of nitrogens with zero attached hydrogens (tertiary/aromatic N) is 4. The van der Waals surface area contributed by atoms with Crippen molar-refractivity contribution in [1.29, 1.82) is 0 Å². The van der Waals surface area contributed by atoms with Gasteiger partial charge in [0.1, 0.15) is 5.82 Å². The largest absolute Gasteiger partial charge is 0.381 e. The molecule has 1 N–H and O–H groups in total. The molecule has 1 amide bonds. The average molecular weight is 486 g/mol. The second-order valence-corrected chi connectivity index (χ2v) is 12.2. The van der Waals surface area contributed by atoms with E-state index in [0.717, 1.165) is 60.9 Å². The first-order chi connectivity index (χ1) is 16.1. The molecule has 1 aromatic carbocycles. The highest BCUT2D eigenvalue weighted by atomic mass is 32.2. The second-order valence-electron chi connectivity index (χ2n) is 10.4. The summed E-state index contributed by atoms with van der Waals surface area (Å²) in [4.78, 5) is 17.2. The monoisotopic (exact) mass is 485 g/mol. The normalized spacial score (nSPS) is 17.9. The number of benzene rings is 1. The highest BCUT2D eigenvalue weighted by Crippen LogP contribution is 2.30. The maximum atomic E-state index is 13.3. The summed E-state index contributed by atoms with van der Waals surface area (Å²) in [6.07, 6.45) is 6.47. The Hall–Kier alpha value is -2.72. The lowest BCUT2D eigenvalue weighted by Gasteiger charge is -2.26. The molecule has 9 nitrogen and oxygen atoms in total. The molecule has 182 valence electrons. The number of nitrogens with one attached hydrogen (secondary N) is 1. The lowest BCUT2D eigenvalue weighted by atomic mass is 9.94. The maximum Gasteiger partial charge on any atom is 0.283 e. The molecule has 2 fully saturated rings. The first-order valence-electron chi connectivity index (χ1n) is 11.8. The van der Waals surface area contributed by atoms with Gasteiger partial charge in [0.2, 0.25) is 0 Å². The summed E-state index contributed by atoms with van der Waals surface area (Å²) in [6, 6.07) is 5.21. The Bertz CT molecular complexity index is 1330. The molecule has 5 rings (SSSR count). The summed E-state index contributed by atoms with van der Waals surface area (Å²) in [7, 11) is -3.96. The van der Waals surface area contributed by atoms with Crippen LogP contribution in [0.15, 0.2) is 35.5 Å². The van der Waals surface area contributed by atoms with Crippen LogP contribution in [0, 0.1) is 5.92 Å². The van der Waals surface area contributed by atoms with Crippen LogP contribution >= 0.6 is 0 Å². The van der Waals surface area contributed by atoms with Crippen molar-refractivity contribution in [2.75, 3.05) is 13.2 Å². The summed E-state index contributed by atoms with van der Waals surface area (Å²) < 4.78 is 35.2. The van der Waals surface area contributed by atoms with E-state index in [9.17, 15) is 13.2 Å². The van der Waals surface area contributed by atoms with Crippen molar-refractivity contribution in [2.24, 2.45) is 5.92 Å². The Labute approximate surface area is 199 Å². The van der Waals surface area contributed by atoms with Gasteiger partial charge in [0.05, 0.1) is 33.9 Å². The molecule has 3 heterocycles. The van der Waals surface area contributed by atoms with E-state index in [-0.39, 0.29) is 27.8 Å². The molecule has 34 heavy (non-hydrogen) atoms. The molecule has 1 saturated carbocycles. The summed E-state index contributed by atoms with van der Waals surface area (Å²) >= 11 is 0. The molecule has 1 aliphatic heterocycles. The van der Waals surface area contributed by atoms with Gasteiger partial charge in [0.15, 0.2) is 0 Å². The zero-order valence-electron chi connectivity index (χ0n) is 19.8. The summed E-state index contributed by atoms with van der Waals surface area (Å²) in [5.41, 5.74) is 1.58. The zero-order valence-corrected chi connectivity index (χ0v) is 20.6. The molecule has 1 aliphatic carbocycles.